The first-order valence-corrected chi connectivity index (χ1v) is 8.86. The van der Waals surface area contributed by atoms with Crippen molar-refractivity contribution in [3.63, 3.8) is 0 Å². The third-order valence-corrected chi connectivity index (χ3v) is 4.49. The molecule has 0 unspecified atom stereocenters. The Labute approximate surface area is 149 Å². The van der Waals surface area contributed by atoms with Gasteiger partial charge in [0, 0.05) is 22.7 Å². The Bertz CT molecular complexity index is 826. The van der Waals surface area contributed by atoms with Gasteiger partial charge in [0.1, 0.15) is 0 Å². The lowest BCUT2D eigenvalue weighted by atomic mass is 10.2. The standard InChI is InChI=1S/C19H18N2O3S/c22-18(10-2-7-16-8-4-12-25-16)20-14-5-1-6-15(13-14)21-19(23)17-9-3-11-24-17/h1,3-6,8-9,11-13H,2,7,10H2,(H,20,22)(H,21,23). The van der Waals surface area contributed by atoms with Crippen LogP contribution >= 0.6 is 11.3 Å². The van der Waals surface area contributed by atoms with Gasteiger partial charge in [0.2, 0.25) is 5.91 Å². The fourth-order valence-electron chi connectivity index (χ4n) is 2.38. The van der Waals surface area contributed by atoms with Gasteiger partial charge in [-0.2, -0.15) is 0 Å². The first-order valence-electron chi connectivity index (χ1n) is 7.98. The summed E-state index contributed by atoms with van der Waals surface area (Å²) in [5, 5.41) is 7.64. The van der Waals surface area contributed by atoms with Gasteiger partial charge in [0.25, 0.3) is 5.91 Å². The van der Waals surface area contributed by atoms with E-state index in [1.807, 2.05) is 11.4 Å². The average molecular weight is 354 g/mol. The van der Waals surface area contributed by atoms with Crippen molar-refractivity contribution in [2.75, 3.05) is 10.6 Å². The van der Waals surface area contributed by atoms with Gasteiger partial charge < -0.3 is 15.1 Å². The van der Waals surface area contributed by atoms with Crippen LogP contribution in [0, 0.1) is 0 Å². The van der Waals surface area contributed by atoms with Gasteiger partial charge in [-0.15, -0.1) is 11.3 Å². The second-order valence-electron chi connectivity index (χ2n) is 5.49. The molecule has 5 nitrogen and oxygen atoms in total. The van der Waals surface area contributed by atoms with Crippen molar-refractivity contribution in [2.45, 2.75) is 19.3 Å². The highest BCUT2D eigenvalue weighted by Crippen LogP contribution is 2.17. The molecule has 2 N–H and O–H groups in total. The Morgan fingerprint density at radius 3 is 2.56 bits per heavy atom. The molecule has 3 rings (SSSR count). The fourth-order valence-corrected chi connectivity index (χ4v) is 3.13. The number of nitrogens with one attached hydrogen (secondary N) is 2. The predicted octanol–water partition coefficient (Wildman–Crippen LogP) is 4.55. The van der Waals surface area contributed by atoms with Gasteiger partial charge in [0.15, 0.2) is 5.76 Å². The number of furan rings is 1. The van der Waals surface area contributed by atoms with Crippen LogP contribution in [0.4, 0.5) is 11.4 Å². The lowest BCUT2D eigenvalue weighted by Gasteiger charge is -2.08. The summed E-state index contributed by atoms with van der Waals surface area (Å²) in [5.74, 6) is -0.126. The number of benzene rings is 1. The second kappa shape index (κ2) is 8.30. The van der Waals surface area contributed by atoms with E-state index in [0.29, 0.717) is 17.8 Å². The molecule has 2 aromatic heterocycles. The van der Waals surface area contributed by atoms with Crippen LogP contribution in [0.15, 0.2) is 64.6 Å². The monoisotopic (exact) mass is 354 g/mol. The third kappa shape index (κ3) is 5.06. The van der Waals surface area contributed by atoms with Gasteiger partial charge in [-0.05, 0) is 54.6 Å². The molecule has 0 aliphatic carbocycles. The quantitative estimate of drug-likeness (QED) is 0.653. The predicted molar refractivity (Wildman–Crippen MR) is 99.0 cm³/mol. The van der Waals surface area contributed by atoms with Crippen LogP contribution in [-0.2, 0) is 11.2 Å². The average Bonchev–Trinajstić information content (AvgIpc) is 3.29. The van der Waals surface area contributed by atoms with E-state index in [4.69, 9.17) is 4.42 Å². The molecule has 0 atom stereocenters. The summed E-state index contributed by atoms with van der Waals surface area (Å²) in [6.07, 6.45) is 3.62. The van der Waals surface area contributed by atoms with E-state index in [1.54, 1.807) is 47.7 Å². The van der Waals surface area contributed by atoms with E-state index in [2.05, 4.69) is 16.7 Å². The number of amides is 2. The van der Waals surface area contributed by atoms with E-state index in [0.717, 1.165) is 12.8 Å². The molecular formula is C19H18N2O3S. The second-order valence-corrected chi connectivity index (χ2v) is 6.53. The molecule has 0 spiro atoms. The van der Waals surface area contributed by atoms with Crippen LogP contribution in [0.1, 0.15) is 28.3 Å². The Kier molecular flexibility index (Phi) is 5.64. The number of hydrogen-bond donors (Lipinski definition) is 2. The highest BCUT2D eigenvalue weighted by atomic mass is 32.1. The van der Waals surface area contributed by atoms with Gasteiger partial charge in [-0.25, -0.2) is 0 Å². The summed E-state index contributed by atoms with van der Waals surface area (Å²) >= 11 is 1.71. The first-order chi connectivity index (χ1) is 12.2. The zero-order valence-electron chi connectivity index (χ0n) is 13.5. The van der Waals surface area contributed by atoms with Crippen LogP contribution in [0.2, 0.25) is 0 Å². The molecule has 1 aromatic carbocycles. The van der Waals surface area contributed by atoms with E-state index in [9.17, 15) is 9.59 Å². The number of aryl methyl sites for hydroxylation is 1. The molecule has 0 saturated carbocycles. The first kappa shape index (κ1) is 17.0. The van der Waals surface area contributed by atoms with Crippen molar-refractivity contribution in [3.8, 4) is 0 Å². The summed E-state index contributed by atoms with van der Waals surface area (Å²) in [6, 6.07) is 14.4. The molecule has 0 aliphatic rings. The number of carbonyl (C=O) groups is 2. The van der Waals surface area contributed by atoms with E-state index in [1.165, 1.54) is 11.1 Å². The minimum absolute atomic E-state index is 0.0360. The summed E-state index contributed by atoms with van der Waals surface area (Å²) in [4.78, 5) is 25.3. The van der Waals surface area contributed by atoms with Crippen molar-refractivity contribution >= 4 is 34.5 Å². The highest BCUT2D eigenvalue weighted by molar-refractivity contribution is 7.09. The Balaban J connectivity index is 1.50. The zero-order chi connectivity index (χ0) is 17.5. The molecule has 6 heteroatoms. The van der Waals surface area contributed by atoms with Crippen LogP contribution in [0.25, 0.3) is 0 Å². The van der Waals surface area contributed by atoms with E-state index >= 15 is 0 Å². The highest BCUT2D eigenvalue weighted by Gasteiger charge is 2.09. The SMILES string of the molecule is O=C(CCCc1cccs1)Nc1cccc(NC(=O)c2ccco2)c1. The molecule has 0 saturated heterocycles. The zero-order valence-corrected chi connectivity index (χ0v) is 14.3. The lowest BCUT2D eigenvalue weighted by molar-refractivity contribution is -0.116. The summed E-state index contributed by atoms with van der Waals surface area (Å²) in [6.45, 7) is 0. The summed E-state index contributed by atoms with van der Waals surface area (Å²) in [7, 11) is 0. The lowest BCUT2D eigenvalue weighted by Crippen LogP contribution is -2.13. The number of hydrogen-bond acceptors (Lipinski definition) is 4. The number of thiophene rings is 1. The van der Waals surface area contributed by atoms with Crippen molar-refractivity contribution in [1.82, 2.24) is 0 Å². The normalized spacial score (nSPS) is 10.4. The number of rotatable bonds is 7. The smallest absolute Gasteiger partial charge is 0.291 e. The maximum absolute atomic E-state index is 12.1. The van der Waals surface area contributed by atoms with Gasteiger partial charge >= 0.3 is 0 Å². The van der Waals surface area contributed by atoms with Crippen LogP contribution in [-0.4, -0.2) is 11.8 Å². The van der Waals surface area contributed by atoms with E-state index in [-0.39, 0.29) is 17.6 Å². The Morgan fingerprint density at radius 1 is 1.00 bits per heavy atom. The van der Waals surface area contributed by atoms with Crippen LogP contribution < -0.4 is 10.6 Å². The molecule has 0 fully saturated rings. The summed E-state index contributed by atoms with van der Waals surface area (Å²) < 4.78 is 5.06. The largest absolute Gasteiger partial charge is 0.459 e. The van der Waals surface area contributed by atoms with Gasteiger partial charge in [-0.3, -0.25) is 9.59 Å². The Morgan fingerprint density at radius 2 is 1.84 bits per heavy atom. The molecule has 0 aliphatic heterocycles. The molecule has 2 heterocycles. The molecule has 0 radical (unpaired) electrons. The molecular weight excluding hydrogens is 336 g/mol. The Hall–Kier alpha value is -2.86. The minimum atomic E-state index is -0.329. The maximum atomic E-state index is 12.1. The van der Waals surface area contributed by atoms with Crippen LogP contribution in [0.3, 0.4) is 0 Å². The molecule has 25 heavy (non-hydrogen) atoms. The van der Waals surface area contributed by atoms with Gasteiger partial charge in [0.05, 0.1) is 6.26 Å². The molecule has 0 bridgehead atoms. The molecule has 3 aromatic rings. The van der Waals surface area contributed by atoms with Crippen molar-refractivity contribution < 1.29 is 14.0 Å². The topological polar surface area (TPSA) is 71.3 Å². The fraction of sp³-hybridized carbons (Fsp3) is 0.158. The number of carbonyl (C=O) groups excluding carboxylic acids is 2. The molecule has 128 valence electrons. The van der Waals surface area contributed by atoms with Gasteiger partial charge in [-0.1, -0.05) is 12.1 Å². The van der Waals surface area contributed by atoms with Crippen molar-refractivity contribution in [2.24, 2.45) is 0 Å². The van der Waals surface area contributed by atoms with Crippen molar-refractivity contribution in [3.05, 3.63) is 70.8 Å². The van der Waals surface area contributed by atoms with E-state index < -0.39 is 0 Å². The third-order valence-electron chi connectivity index (χ3n) is 3.56. The summed E-state index contributed by atoms with van der Waals surface area (Å²) in [5.41, 5.74) is 1.25. The molecule has 2 amide bonds. The number of anilines is 2. The maximum Gasteiger partial charge on any atom is 0.291 e. The van der Waals surface area contributed by atoms with Crippen molar-refractivity contribution in [1.29, 1.82) is 0 Å². The van der Waals surface area contributed by atoms with Crippen LogP contribution in [0.5, 0.6) is 0 Å². The minimum Gasteiger partial charge on any atom is -0.459 e.